The molecule has 6 heteroatoms. The molecule has 0 unspecified atom stereocenters. The Balaban J connectivity index is 1.68. The number of nitrogens with zero attached hydrogens (tertiary/aromatic N) is 3. The second-order valence-electron chi connectivity index (χ2n) is 5.70. The molecule has 1 fully saturated rings. The predicted molar refractivity (Wildman–Crippen MR) is 90.2 cm³/mol. The third kappa shape index (κ3) is 3.28. The van der Waals surface area contributed by atoms with Gasteiger partial charge in [0.25, 0.3) is 0 Å². The van der Waals surface area contributed by atoms with Gasteiger partial charge in [-0.3, -0.25) is 0 Å². The Bertz CT molecular complexity index is 643. The fraction of sp³-hybridized carbons (Fsp3) is 0.375. The Morgan fingerprint density at radius 3 is 3.05 bits per heavy atom. The van der Waals surface area contributed by atoms with Gasteiger partial charge in [0, 0.05) is 36.3 Å². The van der Waals surface area contributed by atoms with Crippen LogP contribution in [0.1, 0.15) is 6.42 Å². The first-order chi connectivity index (χ1) is 10.6. The summed E-state index contributed by atoms with van der Waals surface area (Å²) in [5.41, 5.74) is 4.56. The van der Waals surface area contributed by atoms with E-state index >= 15 is 0 Å². The van der Waals surface area contributed by atoms with Crippen molar-refractivity contribution in [3.8, 4) is 11.3 Å². The highest BCUT2D eigenvalue weighted by Gasteiger charge is 2.26. The number of carbonyl (C=O) groups excluding carboxylic acids is 1. The first-order valence-corrected chi connectivity index (χ1v) is 8.29. The second-order valence-corrected chi connectivity index (χ2v) is 6.42. The maximum absolute atomic E-state index is 12.4. The Labute approximate surface area is 134 Å². The Morgan fingerprint density at radius 1 is 1.50 bits per heavy atom. The number of nitrogens with one attached hydrogen (secondary N) is 1. The van der Waals surface area contributed by atoms with Crippen molar-refractivity contribution in [1.82, 2.24) is 14.8 Å². The molecular formula is C16H20N4OS. The summed E-state index contributed by atoms with van der Waals surface area (Å²) >= 11 is 1.56. The van der Waals surface area contributed by atoms with Crippen molar-refractivity contribution in [3.63, 3.8) is 0 Å². The first-order valence-electron chi connectivity index (χ1n) is 7.34. The Hall–Kier alpha value is -1.92. The summed E-state index contributed by atoms with van der Waals surface area (Å²) in [4.78, 5) is 20.7. The molecule has 1 N–H and O–H groups in total. The molecule has 0 saturated carbocycles. The second kappa shape index (κ2) is 6.46. The molecule has 1 aromatic heterocycles. The normalized spacial score (nSPS) is 18.4. The average molecular weight is 316 g/mol. The molecule has 3 rings (SSSR count). The summed E-state index contributed by atoms with van der Waals surface area (Å²) < 4.78 is 0. The van der Waals surface area contributed by atoms with Gasteiger partial charge in [0.2, 0.25) is 0 Å². The number of carbonyl (C=O) groups is 1. The first kappa shape index (κ1) is 15.0. The predicted octanol–water partition coefficient (Wildman–Crippen LogP) is 2.98. The molecular weight excluding hydrogens is 296 g/mol. The molecule has 1 aromatic carbocycles. The van der Waals surface area contributed by atoms with Crippen molar-refractivity contribution in [1.29, 1.82) is 0 Å². The van der Waals surface area contributed by atoms with Gasteiger partial charge in [-0.05, 0) is 32.1 Å². The van der Waals surface area contributed by atoms with Crippen molar-refractivity contribution < 1.29 is 4.79 Å². The zero-order chi connectivity index (χ0) is 15.5. The summed E-state index contributed by atoms with van der Waals surface area (Å²) in [6.07, 6.45) is 1.03. The van der Waals surface area contributed by atoms with Gasteiger partial charge in [0.1, 0.15) is 0 Å². The van der Waals surface area contributed by atoms with E-state index in [1.54, 1.807) is 16.2 Å². The number of likely N-dealkylation sites (tertiary alicyclic amines) is 1. The molecule has 1 atom stereocenters. The lowest BCUT2D eigenvalue weighted by molar-refractivity contribution is 0.204. The fourth-order valence-electron chi connectivity index (χ4n) is 2.72. The SMILES string of the molecule is CN1CC[C@@H](N(C)C(=O)Nc2cccc(-c3cscn3)c2)C1. The van der Waals surface area contributed by atoms with Crippen LogP contribution in [0.15, 0.2) is 35.2 Å². The number of thiazole rings is 1. The van der Waals surface area contributed by atoms with Gasteiger partial charge in [0.05, 0.1) is 11.2 Å². The van der Waals surface area contributed by atoms with Crippen LogP contribution >= 0.6 is 11.3 Å². The van der Waals surface area contributed by atoms with Gasteiger partial charge in [-0.25, -0.2) is 9.78 Å². The lowest BCUT2D eigenvalue weighted by Gasteiger charge is -2.24. The quantitative estimate of drug-likeness (QED) is 0.947. The van der Waals surface area contributed by atoms with Crippen LogP contribution in [0, 0.1) is 0 Å². The number of rotatable bonds is 3. The van der Waals surface area contributed by atoms with E-state index in [0.717, 1.165) is 36.5 Å². The van der Waals surface area contributed by atoms with Crippen molar-refractivity contribution in [2.45, 2.75) is 12.5 Å². The molecule has 0 spiro atoms. The lowest BCUT2D eigenvalue weighted by Crippen LogP contribution is -2.41. The summed E-state index contributed by atoms with van der Waals surface area (Å²) in [6, 6.07) is 8.03. The largest absolute Gasteiger partial charge is 0.323 e. The maximum atomic E-state index is 12.4. The van der Waals surface area contributed by atoms with Crippen molar-refractivity contribution >= 4 is 23.1 Å². The summed E-state index contributed by atoms with van der Waals surface area (Å²) in [5, 5.41) is 4.98. The monoisotopic (exact) mass is 316 g/mol. The van der Waals surface area contributed by atoms with Crippen LogP contribution in [0.25, 0.3) is 11.3 Å². The molecule has 0 bridgehead atoms. The van der Waals surface area contributed by atoms with Crippen molar-refractivity contribution in [2.24, 2.45) is 0 Å². The molecule has 2 amide bonds. The molecule has 1 aliphatic rings. The zero-order valence-electron chi connectivity index (χ0n) is 12.8. The Morgan fingerprint density at radius 2 is 2.36 bits per heavy atom. The molecule has 2 aromatic rings. The Kier molecular flexibility index (Phi) is 4.40. The topological polar surface area (TPSA) is 48.5 Å². The molecule has 0 aliphatic carbocycles. The van der Waals surface area contributed by atoms with Gasteiger partial charge in [-0.2, -0.15) is 0 Å². The fourth-order valence-corrected chi connectivity index (χ4v) is 3.28. The van der Waals surface area contributed by atoms with Gasteiger partial charge in [0.15, 0.2) is 0 Å². The minimum Gasteiger partial charge on any atom is -0.323 e. The number of benzene rings is 1. The van der Waals surface area contributed by atoms with Crippen molar-refractivity contribution in [2.75, 3.05) is 32.5 Å². The number of amides is 2. The number of aromatic nitrogens is 1. The van der Waals surface area contributed by atoms with Gasteiger partial charge < -0.3 is 15.1 Å². The van der Waals surface area contributed by atoms with Crippen LogP contribution in [-0.4, -0.2) is 54.0 Å². The van der Waals surface area contributed by atoms with E-state index in [2.05, 4.69) is 22.2 Å². The van der Waals surface area contributed by atoms with E-state index in [4.69, 9.17) is 0 Å². The van der Waals surface area contributed by atoms with Gasteiger partial charge in [-0.15, -0.1) is 11.3 Å². The minimum atomic E-state index is -0.0595. The average Bonchev–Trinajstić information content (AvgIpc) is 3.18. The van der Waals surface area contributed by atoms with Crippen LogP contribution in [0.3, 0.4) is 0 Å². The zero-order valence-corrected chi connectivity index (χ0v) is 13.6. The molecule has 0 radical (unpaired) electrons. The number of likely N-dealkylation sites (N-methyl/N-ethyl adjacent to an activating group) is 2. The minimum absolute atomic E-state index is 0.0595. The van der Waals surface area contributed by atoms with E-state index < -0.39 is 0 Å². The molecule has 22 heavy (non-hydrogen) atoms. The van der Waals surface area contributed by atoms with Crippen LogP contribution in [0.5, 0.6) is 0 Å². The maximum Gasteiger partial charge on any atom is 0.321 e. The molecule has 2 heterocycles. The van der Waals surface area contributed by atoms with Crippen LogP contribution in [0.2, 0.25) is 0 Å². The smallest absolute Gasteiger partial charge is 0.321 e. The van der Waals surface area contributed by atoms with Crippen LogP contribution in [0.4, 0.5) is 10.5 Å². The third-order valence-corrected chi connectivity index (χ3v) is 4.66. The molecule has 116 valence electrons. The van der Waals surface area contributed by atoms with Crippen molar-refractivity contribution in [3.05, 3.63) is 35.2 Å². The summed E-state index contributed by atoms with van der Waals surface area (Å²) in [5.74, 6) is 0. The third-order valence-electron chi connectivity index (χ3n) is 4.08. The number of anilines is 1. The number of urea groups is 1. The van der Waals surface area contributed by atoms with Crippen LogP contribution in [-0.2, 0) is 0 Å². The summed E-state index contributed by atoms with van der Waals surface area (Å²) in [7, 11) is 3.95. The van der Waals surface area contributed by atoms with E-state index in [1.165, 1.54) is 0 Å². The molecule has 1 saturated heterocycles. The van der Waals surface area contributed by atoms with E-state index in [9.17, 15) is 4.79 Å². The highest BCUT2D eigenvalue weighted by Crippen LogP contribution is 2.23. The standard InChI is InChI=1S/C16H20N4OS/c1-19-7-6-14(9-19)20(2)16(21)18-13-5-3-4-12(8-13)15-10-22-11-17-15/h3-5,8,10-11,14H,6-7,9H2,1-2H3,(H,18,21)/t14-/m1/s1. The van der Waals surface area contributed by atoms with E-state index in [0.29, 0.717) is 0 Å². The van der Waals surface area contributed by atoms with E-state index in [-0.39, 0.29) is 12.1 Å². The van der Waals surface area contributed by atoms with Gasteiger partial charge >= 0.3 is 6.03 Å². The van der Waals surface area contributed by atoms with E-state index in [1.807, 2.05) is 42.2 Å². The highest BCUT2D eigenvalue weighted by molar-refractivity contribution is 7.07. The molecule has 1 aliphatic heterocycles. The number of hydrogen-bond donors (Lipinski definition) is 1. The van der Waals surface area contributed by atoms with Crippen LogP contribution < -0.4 is 5.32 Å². The van der Waals surface area contributed by atoms with Gasteiger partial charge in [-0.1, -0.05) is 12.1 Å². The number of hydrogen-bond acceptors (Lipinski definition) is 4. The lowest BCUT2D eigenvalue weighted by atomic mass is 10.1. The highest BCUT2D eigenvalue weighted by atomic mass is 32.1. The summed E-state index contributed by atoms with van der Waals surface area (Å²) in [6.45, 7) is 1.98. The molecule has 5 nitrogen and oxygen atoms in total.